The summed E-state index contributed by atoms with van der Waals surface area (Å²) in [5.41, 5.74) is 0.916. The molecule has 0 amide bonds. The van der Waals surface area contributed by atoms with Gasteiger partial charge in [0.05, 0.1) is 3.79 Å². The summed E-state index contributed by atoms with van der Waals surface area (Å²) in [6, 6.07) is 5.55. The minimum Gasteiger partial charge on any atom is -0.383 e. The van der Waals surface area contributed by atoms with Gasteiger partial charge in [0.1, 0.15) is 6.10 Å². The van der Waals surface area contributed by atoms with E-state index in [1.54, 1.807) is 6.07 Å². The van der Waals surface area contributed by atoms with Gasteiger partial charge < -0.3 is 5.11 Å². The zero-order chi connectivity index (χ0) is 12.6. The summed E-state index contributed by atoms with van der Waals surface area (Å²) >= 11 is 4.64. The van der Waals surface area contributed by atoms with Crippen molar-refractivity contribution < 1.29 is 13.9 Å². The standard InChI is InChI=1S/C12H9BrF2OS/c1-6-5-9(17-12(6)13)11(16)7-3-2-4-8(14)10(7)15/h2-5,11,16H,1H3. The largest absolute Gasteiger partial charge is 0.383 e. The Kier molecular flexibility index (Phi) is 3.61. The molecule has 1 N–H and O–H groups in total. The first-order chi connectivity index (χ1) is 8.00. The Bertz CT molecular complexity index is 534. The molecule has 0 aliphatic heterocycles. The molecule has 1 aromatic heterocycles. The molecule has 0 fully saturated rings. The number of rotatable bonds is 2. The zero-order valence-corrected chi connectivity index (χ0v) is 11.3. The van der Waals surface area contributed by atoms with Gasteiger partial charge in [-0.05, 0) is 40.5 Å². The molecule has 0 aliphatic rings. The average molecular weight is 319 g/mol. The quantitative estimate of drug-likeness (QED) is 0.880. The highest BCUT2D eigenvalue weighted by molar-refractivity contribution is 9.11. The summed E-state index contributed by atoms with van der Waals surface area (Å²) in [5, 5.41) is 10.0. The van der Waals surface area contributed by atoms with E-state index >= 15 is 0 Å². The van der Waals surface area contributed by atoms with Crippen molar-refractivity contribution in [2.75, 3.05) is 0 Å². The van der Waals surface area contributed by atoms with Crippen LogP contribution in [0.2, 0.25) is 0 Å². The Labute approximate surface area is 110 Å². The lowest BCUT2D eigenvalue weighted by Gasteiger charge is -2.10. The molecule has 1 aromatic carbocycles. The van der Waals surface area contributed by atoms with E-state index in [4.69, 9.17) is 0 Å². The number of aliphatic hydroxyl groups excluding tert-OH is 1. The van der Waals surface area contributed by atoms with Crippen molar-refractivity contribution in [1.82, 2.24) is 0 Å². The predicted molar refractivity (Wildman–Crippen MR) is 67.2 cm³/mol. The average Bonchev–Trinajstić information content (AvgIpc) is 2.62. The molecule has 90 valence electrons. The summed E-state index contributed by atoms with van der Waals surface area (Å²) in [6.45, 7) is 1.87. The number of aryl methyl sites for hydroxylation is 1. The highest BCUT2D eigenvalue weighted by atomic mass is 79.9. The van der Waals surface area contributed by atoms with E-state index in [1.807, 2.05) is 6.92 Å². The van der Waals surface area contributed by atoms with Crippen LogP contribution < -0.4 is 0 Å². The third kappa shape index (κ3) is 2.41. The van der Waals surface area contributed by atoms with Crippen molar-refractivity contribution in [2.24, 2.45) is 0 Å². The molecule has 2 aromatic rings. The number of hydrogen-bond acceptors (Lipinski definition) is 2. The Morgan fingerprint density at radius 1 is 1.35 bits per heavy atom. The van der Waals surface area contributed by atoms with Crippen molar-refractivity contribution in [3.05, 3.63) is 55.7 Å². The summed E-state index contributed by atoms with van der Waals surface area (Å²) in [5.74, 6) is -1.95. The van der Waals surface area contributed by atoms with Crippen molar-refractivity contribution in [3.63, 3.8) is 0 Å². The monoisotopic (exact) mass is 318 g/mol. The molecule has 1 nitrogen and oxygen atoms in total. The predicted octanol–water partition coefficient (Wildman–Crippen LogP) is 4.18. The molecule has 17 heavy (non-hydrogen) atoms. The summed E-state index contributed by atoms with van der Waals surface area (Å²) in [4.78, 5) is 0.582. The highest BCUT2D eigenvalue weighted by Crippen LogP contribution is 2.35. The van der Waals surface area contributed by atoms with E-state index in [0.29, 0.717) is 4.88 Å². The molecule has 0 aliphatic carbocycles. The molecule has 0 radical (unpaired) electrons. The van der Waals surface area contributed by atoms with Gasteiger partial charge in [-0.1, -0.05) is 12.1 Å². The number of hydrogen-bond donors (Lipinski definition) is 1. The van der Waals surface area contributed by atoms with E-state index < -0.39 is 17.7 Å². The van der Waals surface area contributed by atoms with Crippen LogP contribution in [0.3, 0.4) is 0 Å². The smallest absolute Gasteiger partial charge is 0.164 e. The Morgan fingerprint density at radius 2 is 2.06 bits per heavy atom. The Balaban J connectivity index is 2.43. The van der Waals surface area contributed by atoms with Crippen LogP contribution in [-0.4, -0.2) is 5.11 Å². The topological polar surface area (TPSA) is 20.2 Å². The minimum absolute atomic E-state index is 0.0428. The maximum Gasteiger partial charge on any atom is 0.164 e. The van der Waals surface area contributed by atoms with Gasteiger partial charge in [-0.15, -0.1) is 11.3 Å². The van der Waals surface area contributed by atoms with Crippen LogP contribution in [0.25, 0.3) is 0 Å². The third-order valence-electron chi connectivity index (χ3n) is 2.42. The van der Waals surface area contributed by atoms with E-state index in [9.17, 15) is 13.9 Å². The van der Waals surface area contributed by atoms with Crippen LogP contribution in [0.5, 0.6) is 0 Å². The van der Waals surface area contributed by atoms with Gasteiger partial charge in [-0.2, -0.15) is 0 Å². The molecule has 0 saturated carbocycles. The highest BCUT2D eigenvalue weighted by Gasteiger charge is 2.19. The van der Waals surface area contributed by atoms with Crippen molar-refractivity contribution in [2.45, 2.75) is 13.0 Å². The molecular formula is C12H9BrF2OS. The molecule has 2 rings (SSSR count). The van der Waals surface area contributed by atoms with E-state index in [-0.39, 0.29) is 5.56 Å². The fraction of sp³-hybridized carbons (Fsp3) is 0.167. The normalized spacial score (nSPS) is 12.8. The molecule has 5 heteroatoms. The van der Waals surface area contributed by atoms with Crippen LogP contribution in [0.15, 0.2) is 28.1 Å². The van der Waals surface area contributed by atoms with Gasteiger partial charge in [0.15, 0.2) is 11.6 Å². The molecule has 1 unspecified atom stereocenters. The molecule has 1 atom stereocenters. The van der Waals surface area contributed by atoms with Crippen molar-refractivity contribution >= 4 is 27.3 Å². The van der Waals surface area contributed by atoms with Crippen LogP contribution >= 0.6 is 27.3 Å². The van der Waals surface area contributed by atoms with Gasteiger partial charge in [-0.25, -0.2) is 8.78 Å². The minimum atomic E-state index is -1.14. The maximum absolute atomic E-state index is 13.5. The lowest BCUT2D eigenvalue weighted by Crippen LogP contribution is -2.02. The van der Waals surface area contributed by atoms with Gasteiger partial charge in [0, 0.05) is 10.4 Å². The first-order valence-corrected chi connectivity index (χ1v) is 6.49. The van der Waals surface area contributed by atoms with Gasteiger partial charge >= 0.3 is 0 Å². The second-order valence-electron chi connectivity index (χ2n) is 3.65. The van der Waals surface area contributed by atoms with E-state index in [1.165, 1.54) is 23.5 Å². The zero-order valence-electron chi connectivity index (χ0n) is 8.88. The molecule has 0 bridgehead atoms. The molecule has 0 spiro atoms. The number of halogens is 3. The number of thiophene rings is 1. The third-order valence-corrected chi connectivity index (χ3v) is 4.61. The molecule has 0 saturated heterocycles. The van der Waals surface area contributed by atoms with Crippen LogP contribution in [0, 0.1) is 18.6 Å². The summed E-state index contributed by atoms with van der Waals surface area (Å²) < 4.78 is 27.4. The van der Waals surface area contributed by atoms with Crippen LogP contribution in [0.4, 0.5) is 8.78 Å². The second-order valence-corrected chi connectivity index (χ2v) is 6.05. The van der Waals surface area contributed by atoms with Crippen LogP contribution in [-0.2, 0) is 0 Å². The number of aliphatic hydroxyl groups is 1. The van der Waals surface area contributed by atoms with E-state index in [2.05, 4.69) is 15.9 Å². The van der Waals surface area contributed by atoms with Crippen molar-refractivity contribution in [3.8, 4) is 0 Å². The lowest BCUT2D eigenvalue weighted by molar-refractivity contribution is 0.217. The maximum atomic E-state index is 13.5. The molecule has 1 heterocycles. The van der Waals surface area contributed by atoms with Gasteiger partial charge in [0.25, 0.3) is 0 Å². The first kappa shape index (κ1) is 12.7. The molecular weight excluding hydrogens is 310 g/mol. The fourth-order valence-electron chi connectivity index (χ4n) is 1.50. The SMILES string of the molecule is Cc1cc(C(O)c2cccc(F)c2F)sc1Br. The van der Waals surface area contributed by atoms with Crippen LogP contribution in [0.1, 0.15) is 22.1 Å². The Hall–Kier alpha value is -0.780. The van der Waals surface area contributed by atoms with Crippen molar-refractivity contribution in [1.29, 1.82) is 0 Å². The second kappa shape index (κ2) is 4.84. The summed E-state index contributed by atoms with van der Waals surface area (Å²) in [7, 11) is 0. The number of benzene rings is 1. The van der Waals surface area contributed by atoms with Gasteiger partial charge in [0.2, 0.25) is 0 Å². The van der Waals surface area contributed by atoms with Gasteiger partial charge in [-0.3, -0.25) is 0 Å². The summed E-state index contributed by atoms with van der Waals surface area (Å²) in [6.07, 6.45) is -1.14. The van der Waals surface area contributed by atoms with E-state index in [0.717, 1.165) is 15.4 Å². The lowest BCUT2D eigenvalue weighted by atomic mass is 10.1. The Morgan fingerprint density at radius 3 is 2.65 bits per heavy atom. The first-order valence-electron chi connectivity index (χ1n) is 4.88. The fourth-order valence-corrected chi connectivity index (χ4v) is 3.08.